The van der Waals surface area contributed by atoms with E-state index in [4.69, 9.17) is 10.2 Å². The molecule has 1 unspecified atom stereocenters. The summed E-state index contributed by atoms with van der Waals surface area (Å²) < 4.78 is 5.24. The van der Waals surface area contributed by atoms with Crippen LogP contribution >= 0.6 is 0 Å². The van der Waals surface area contributed by atoms with Gasteiger partial charge in [0.25, 0.3) is 0 Å². The summed E-state index contributed by atoms with van der Waals surface area (Å²) in [4.78, 5) is 4.31. The third-order valence-electron chi connectivity index (χ3n) is 2.31. The molecule has 2 N–H and O–H groups in total. The Bertz CT molecular complexity index is 406. The number of nitrogens with zero attached hydrogens (tertiary/aromatic N) is 1. The fraction of sp³-hybridized carbons (Fsp3) is 0.250. The average Bonchev–Trinajstić information content (AvgIpc) is 2.74. The maximum atomic E-state index is 5.98. The van der Waals surface area contributed by atoms with E-state index in [1.807, 2.05) is 37.4 Å². The van der Waals surface area contributed by atoms with Crippen LogP contribution in [0.25, 0.3) is 0 Å². The number of hydrogen-bond acceptors (Lipinski definition) is 3. The largest absolute Gasteiger partial charge is 0.468 e. The van der Waals surface area contributed by atoms with E-state index in [0.29, 0.717) is 6.42 Å². The van der Waals surface area contributed by atoms with Crippen LogP contribution in [0.15, 0.2) is 41.1 Å². The molecule has 1 atom stereocenters. The number of furan rings is 1. The number of hydrogen-bond donors (Lipinski definition) is 1. The zero-order chi connectivity index (χ0) is 10.7. The predicted molar refractivity (Wildman–Crippen MR) is 58.3 cm³/mol. The highest BCUT2D eigenvalue weighted by molar-refractivity contribution is 5.15. The Labute approximate surface area is 88.9 Å². The number of aryl methyl sites for hydroxylation is 1. The summed E-state index contributed by atoms with van der Waals surface area (Å²) in [6, 6.07) is 7.65. The molecule has 0 spiro atoms. The number of rotatable bonds is 3. The van der Waals surface area contributed by atoms with Crippen LogP contribution < -0.4 is 5.73 Å². The van der Waals surface area contributed by atoms with Crippen LogP contribution in [-0.2, 0) is 6.42 Å². The zero-order valence-electron chi connectivity index (χ0n) is 8.68. The first-order valence-corrected chi connectivity index (χ1v) is 4.96. The van der Waals surface area contributed by atoms with E-state index in [1.54, 1.807) is 6.26 Å². The van der Waals surface area contributed by atoms with Gasteiger partial charge in [0.05, 0.1) is 12.3 Å². The highest BCUT2D eigenvalue weighted by atomic mass is 16.3. The van der Waals surface area contributed by atoms with E-state index in [9.17, 15) is 0 Å². The minimum absolute atomic E-state index is 0.116. The summed E-state index contributed by atoms with van der Waals surface area (Å²) in [5, 5.41) is 0. The molecule has 0 aromatic carbocycles. The van der Waals surface area contributed by atoms with Crippen molar-refractivity contribution in [2.24, 2.45) is 5.73 Å². The maximum Gasteiger partial charge on any atom is 0.120 e. The molecule has 2 heterocycles. The van der Waals surface area contributed by atoms with Crippen molar-refractivity contribution in [2.75, 3.05) is 0 Å². The fourth-order valence-corrected chi connectivity index (χ4v) is 1.45. The van der Waals surface area contributed by atoms with Gasteiger partial charge in [-0.15, -0.1) is 0 Å². The Balaban J connectivity index is 2.06. The first-order valence-electron chi connectivity index (χ1n) is 4.96. The molecule has 0 fully saturated rings. The Morgan fingerprint density at radius 3 is 2.87 bits per heavy atom. The van der Waals surface area contributed by atoms with Gasteiger partial charge in [0.15, 0.2) is 0 Å². The minimum Gasteiger partial charge on any atom is -0.468 e. The smallest absolute Gasteiger partial charge is 0.120 e. The lowest BCUT2D eigenvalue weighted by atomic mass is 10.1. The molecule has 0 aliphatic rings. The van der Waals surface area contributed by atoms with Crippen LogP contribution in [0.2, 0.25) is 0 Å². The molecular weight excluding hydrogens is 188 g/mol. The van der Waals surface area contributed by atoms with Crippen LogP contribution in [0.1, 0.15) is 23.1 Å². The van der Waals surface area contributed by atoms with Crippen molar-refractivity contribution in [3.63, 3.8) is 0 Å². The van der Waals surface area contributed by atoms with Crippen molar-refractivity contribution in [3.05, 3.63) is 53.7 Å². The molecule has 0 saturated carbocycles. The molecule has 3 heteroatoms. The van der Waals surface area contributed by atoms with Crippen molar-refractivity contribution >= 4 is 0 Å². The lowest BCUT2D eigenvalue weighted by Gasteiger charge is -2.07. The normalized spacial score (nSPS) is 12.7. The van der Waals surface area contributed by atoms with Crippen LogP contribution in [0, 0.1) is 6.92 Å². The Morgan fingerprint density at radius 1 is 1.40 bits per heavy atom. The molecule has 78 valence electrons. The van der Waals surface area contributed by atoms with Gasteiger partial charge in [-0.2, -0.15) is 0 Å². The number of pyridine rings is 1. The third kappa shape index (κ3) is 2.44. The maximum absolute atomic E-state index is 5.98. The quantitative estimate of drug-likeness (QED) is 0.830. The summed E-state index contributed by atoms with van der Waals surface area (Å²) >= 11 is 0. The molecule has 0 aliphatic carbocycles. The van der Waals surface area contributed by atoms with E-state index >= 15 is 0 Å². The summed E-state index contributed by atoms with van der Waals surface area (Å²) in [5.74, 6) is 0.803. The monoisotopic (exact) mass is 202 g/mol. The molecule has 0 aliphatic heterocycles. The van der Waals surface area contributed by atoms with Gasteiger partial charge < -0.3 is 10.2 Å². The van der Waals surface area contributed by atoms with Crippen LogP contribution in [0.5, 0.6) is 0 Å². The SMILES string of the molecule is Cc1ccc(CC(N)c2ccco2)nc1. The molecule has 2 aromatic rings. The van der Waals surface area contributed by atoms with Crippen LogP contribution in [-0.4, -0.2) is 4.98 Å². The van der Waals surface area contributed by atoms with Gasteiger partial charge in [-0.3, -0.25) is 4.98 Å². The van der Waals surface area contributed by atoms with E-state index in [-0.39, 0.29) is 6.04 Å². The van der Waals surface area contributed by atoms with E-state index in [2.05, 4.69) is 4.98 Å². The second kappa shape index (κ2) is 4.28. The van der Waals surface area contributed by atoms with E-state index < -0.39 is 0 Å². The zero-order valence-corrected chi connectivity index (χ0v) is 8.68. The van der Waals surface area contributed by atoms with Gasteiger partial charge in [-0.05, 0) is 30.7 Å². The summed E-state index contributed by atoms with van der Waals surface area (Å²) in [7, 11) is 0. The second-order valence-corrected chi connectivity index (χ2v) is 3.65. The molecular formula is C12H14N2O. The van der Waals surface area contributed by atoms with Gasteiger partial charge in [0, 0.05) is 18.3 Å². The predicted octanol–water partition coefficient (Wildman–Crippen LogP) is 2.23. The summed E-state index contributed by atoms with van der Waals surface area (Å²) in [6.07, 6.45) is 4.19. The number of nitrogens with two attached hydrogens (primary N) is 1. The van der Waals surface area contributed by atoms with Crippen molar-refractivity contribution < 1.29 is 4.42 Å². The van der Waals surface area contributed by atoms with Gasteiger partial charge in [-0.25, -0.2) is 0 Å². The van der Waals surface area contributed by atoms with Gasteiger partial charge in [-0.1, -0.05) is 6.07 Å². The minimum atomic E-state index is -0.116. The van der Waals surface area contributed by atoms with E-state index in [0.717, 1.165) is 17.0 Å². The molecule has 0 amide bonds. The first-order chi connectivity index (χ1) is 7.25. The van der Waals surface area contributed by atoms with Gasteiger partial charge >= 0.3 is 0 Å². The van der Waals surface area contributed by atoms with Crippen molar-refractivity contribution in [2.45, 2.75) is 19.4 Å². The first kappa shape index (κ1) is 9.93. The molecule has 2 rings (SSSR count). The fourth-order valence-electron chi connectivity index (χ4n) is 1.45. The van der Waals surface area contributed by atoms with Crippen molar-refractivity contribution in [1.82, 2.24) is 4.98 Å². The Hall–Kier alpha value is -1.61. The number of aromatic nitrogens is 1. The third-order valence-corrected chi connectivity index (χ3v) is 2.31. The highest BCUT2D eigenvalue weighted by Crippen LogP contribution is 2.15. The van der Waals surface area contributed by atoms with Gasteiger partial charge in [0.2, 0.25) is 0 Å². The molecule has 0 saturated heterocycles. The lowest BCUT2D eigenvalue weighted by molar-refractivity contribution is 0.463. The van der Waals surface area contributed by atoms with Gasteiger partial charge in [0.1, 0.15) is 5.76 Å². The molecule has 3 nitrogen and oxygen atoms in total. The summed E-state index contributed by atoms with van der Waals surface area (Å²) in [5.41, 5.74) is 8.12. The highest BCUT2D eigenvalue weighted by Gasteiger charge is 2.09. The lowest BCUT2D eigenvalue weighted by Crippen LogP contribution is -2.13. The van der Waals surface area contributed by atoms with Crippen LogP contribution in [0.4, 0.5) is 0 Å². The van der Waals surface area contributed by atoms with Crippen molar-refractivity contribution in [1.29, 1.82) is 0 Å². The Morgan fingerprint density at radius 2 is 2.27 bits per heavy atom. The average molecular weight is 202 g/mol. The topological polar surface area (TPSA) is 52.0 Å². The molecule has 2 aromatic heterocycles. The summed E-state index contributed by atoms with van der Waals surface area (Å²) in [6.45, 7) is 2.02. The molecule has 0 radical (unpaired) electrons. The van der Waals surface area contributed by atoms with Crippen molar-refractivity contribution in [3.8, 4) is 0 Å². The standard InChI is InChI=1S/C12H14N2O/c1-9-4-5-10(14-8-9)7-11(13)12-3-2-6-15-12/h2-6,8,11H,7,13H2,1H3. The second-order valence-electron chi connectivity index (χ2n) is 3.65. The van der Waals surface area contributed by atoms with E-state index in [1.165, 1.54) is 0 Å². The molecule has 0 bridgehead atoms. The Kier molecular flexibility index (Phi) is 2.83. The molecule has 15 heavy (non-hydrogen) atoms. The van der Waals surface area contributed by atoms with Crippen LogP contribution in [0.3, 0.4) is 0 Å².